The molecule has 10 heteroatoms. The van der Waals surface area contributed by atoms with Crippen molar-refractivity contribution >= 4 is 11.9 Å². The van der Waals surface area contributed by atoms with Gasteiger partial charge in [-0.2, -0.15) is 13.2 Å². The van der Waals surface area contributed by atoms with Gasteiger partial charge >= 0.3 is 6.18 Å². The molecule has 1 unspecified atom stereocenters. The average molecular weight is 412 g/mol. The predicted molar refractivity (Wildman–Crippen MR) is 102 cm³/mol. The van der Waals surface area contributed by atoms with Gasteiger partial charge in [-0.15, -0.1) is 0 Å². The van der Waals surface area contributed by atoms with Crippen LogP contribution in [0, 0.1) is 0 Å². The van der Waals surface area contributed by atoms with Crippen LogP contribution in [-0.4, -0.2) is 38.8 Å². The molecule has 30 heavy (non-hydrogen) atoms. The maximum atomic E-state index is 13.2. The van der Waals surface area contributed by atoms with Crippen LogP contribution in [0.3, 0.4) is 0 Å². The third-order valence-corrected chi connectivity index (χ3v) is 4.89. The number of carbonyl (C=O) groups excluding carboxylic acids is 1. The first-order chi connectivity index (χ1) is 14.2. The number of aromatic nitrogens is 3. The van der Waals surface area contributed by atoms with Crippen molar-refractivity contribution in [3.63, 3.8) is 0 Å². The summed E-state index contributed by atoms with van der Waals surface area (Å²) in [7, 11) is 1.45. The second kappa shape index (κ2) is 6.90. The molecule has 7 nitrogen and oxygen atoms in total. The zero-order valence-corrected chi connectivity index (χ0v) is 15.6. The molecule has 0 aliphatic carbocycles. The van der Waals surface area contributed by atoms with Crippen LogP contribution in [0.2, 0.25) is 0 Å². The molecular weight excluding hydrogens is 397 g/mol. The average Bonchev–Trinajstić information content (AvgIpc) is 2.99. The number of amides is 1. The Kier molecular flexibility index (Phi) is 4.49. The smallest absolute Gasteiger partial charge is 0.369 e. The molecule has 0 radical (unpaired) electrons. The third-order valence-electron chi connectivity index (χ3n) is 4.89. The molecule has 1 amide bonds. The fraction of sp³-hybridized carbons (Fsp3) is 0.150. The Hall–Kier alpha value is -3.82. The fourth-order valence-corrected chi connectivity index (χ4v) is 3.33. The van der Waals surface area contributed by atoms with Crippen molar-refractivity contribution < 1.29 is 18.0 Å². The second-order valence-electron chi connectivity index (χ2n) is 6.68. The number of rotatable bonds is 3. The highest BCUT2D eigenvalue weighted by Gasteiger charge is 2.50. The van der Waals surface area contributed by atoms with Gasteiger partial charge in [-0.3, -0.25) is 14.7 Å². The van der Waals surface area contributed by atoms with E-state index in [1.54, 1.807) is 36.7 Å². The first-order valence-electron chi connectivity index (χ1n) is 8.76. The van der Waals surface area contributed by atoms with E-state index in [1.807, 2.05) is 0 Å². The van der Waals surface area contributed by atoms with E-state index in [4.69, 9.17) is 5.73 Å². The number of nitrogens with zero attached hydrogens (tertiary/aromatic N) is 5. The van der Waals surface area contributed by atoms with Gasteiger partial charge in [-0.05, 0) is 23.3 Å². The summed E-state index contributed by atoms with van der Waals surface area (Å²) in [6.07, 6.45) is 1.02. The van der Waals surface area contributed by atoms with E-state index in [9.17, 15) is 18.0 Å². The Morgan fingerprint density at radius 1 is 1.00 bits per heavy atom. The van der Waals surface area contributed by atoms with Gasteiger partial charge in [0.1, 0.15) is 12.0 Å². The minimum atomic E-state index is -4.60. The van der Waals surface area contributed by atoms with Crippen molar-refractivity contribution in [1.82, 2.24) is 19.9 Å². The summed E-state index contributed by atoms with van der Waals surface area (Å²) in [4.78, 5) is 30.2. The number of pyridine rings is 1. The van der Waals surface area contributed by atoms with Crippen LogP contribution in [0.4, 0.5) is 13.2 Å². The summed E-state index contributed by atoms with van der Waals surface area (Å²) in [5.74, 6) is -0.545. The zero-order chi connectivity index (χ0) is 21.5. The number of aliphatic imine (C=N–C) groups is 1. The quantitative estimate of drug-likeness (QED) is 0.713. The van der Waals surface area contributed by atoms with Crippen LogP contribution in [0.15, 0.2) is 66.3 Å². The van der Waals surface area contributed by atoms with Crippen LogP contribution >= 0.6 is 0 Å². The Morgan fingerprint density at radius 3 is 2.30 bits per heavy atom. The molecule has 0 saturated heterocycles. The van der Waals surface area contributed by atoms with Crippen LogP contribution in [0.5, 0.6) is 0 Å². The maximum Gasteiger partial charge on any atom is 0.433 e. The lowest BCUT2D eigenvalue weighted by Crippen LogP contribution is -2.41. The molecule has 3 heterocycles. The molecular formula is C20H15F3N6O. The third kappa shape index (κ3) is 3.06. The SMILES string of the molecule is CN1C(=O)C(c2ccc(C(F)(F)F)nc2)(c2cccc(-c3cncnc3)c2)N=C1N. The number of hydrogen-bond acceptors (Lipinski definition) is 6. The highest BCUT2D eigenvalue weighted by atomic mass is 19.4. The first-order valence-corrected chi connectivity index (χ1v) is 8.76. The molecule has 152 valence electrons. The van der Waals surface area contributed by atoms with E-state index in [2.05, 4.69) is 19.9 Å². The van der Waals surface area contributed by atoms with Gasteiger partial charge in [-0.25, -0.2) is 15.0 Å². The van der Waals surface area contributed by atoms with Gasteiger partial charge in [-0.1, -0.05) is 24.3 Å². The number of guanidine groups is 1. The highest BCUT2D eigenvalue weighted by molar-refractivity contribution is 6.09. The van der Waals surface area contributed by atoms with Crippen LogP contribution in [-0.2, 0) is 16.5 Å². The zero-order valence-electron chi connectivity index (χ0n) is 15.6. The fourth-order valence-electron chi connectivity index (χ4n) is 3.33. The monoisotopic (exact) mass is 412 g/mol. The molecule has 1 atom stereocenters. The molecule has 1 aliphatic rings. The number of carbonyl (C=O) groups is 1. The molecule has 2 N–H and O–H groups in total. The Labute approximate surface area is 169 Å². The maximum absolute atomic E-state index is 13.2. The number of nitrogens with two attached hydrogens (primary N) is 1. The van der Waals surface area contributed by atoms with Crippen molar-refractivity contribution in [1.29, 1.82) is 0 Å². The second-order valence-corrected chi connectivity index (χ2v) is 6.68. The van der Waals surface area contributed by atoms with E-state index < -0.39 is 23.3 Å². The molecule has 0 spiro atoms. The molecule has 3 aromatic rings. The van der Waals surface area contributed by atoms with E-state index >= 15 is 0 Å². The van der Waals surface area contributed by atoms with Gasteiger partial charge in [0.05, 0.1) is 0 Å². The molecule has 0 fully saturated rings. The Balaban J connectivity index is 1.90. The molecule has 1 aromatic carbocycles. The van der Waals surface area contributed by atoms with Gasteiger partial charge < -0.3 is 5.73 Å². The van der Waals surface area contributed by atoms with Gasteiger partial charge in [0.25, 0.3) is 5.91 Å². The highest BCUT2D eigenvalue weighted by Crippen LogP contribution is 2.40. The van der Waals surface area contributed by atoms with Crippen LogP contribution < -0.4 is 5.73 Å². The first kappa shape index (κ1) is 19.5. The summed E-state index contributed by atoms with van der Waals surface area (Å²) in [5.41, 5.74) is 5.21. The standard InChI is InChI=1S/C20H15F3N6O/c1-29-17(30)19(28-18(29)24,15-5-6-16(27-10-15)20(21,22)23)14-4-2-3-12(7-14)13-8-25-11-26-9-13/h2-11H,1H3,(H2,24,28). The van der Waals surface area contributed by atoms with Gasteiger partial charge in [0.2, 0.25) is 0 Å². The molecule has 4 rings (SSSR count). The lowest BCUT2D eigenvalue weighted by Gasteiger charge is -2.26. The number of halogens is 3. The normalized spacial score (nSPS) is 19.1. The summed E-state index contributed by atoms with van der Waals surface area (Å²) < 4.78 is 38.9. The number of hydrogen-bond donors (Lipinski definition) is 1. The van der Waals surface area contributed by atoms with E-state index in [0.29, 0.717) is 16.7 Å². The van der Waals surface area contributed by atoms with Crippen molar-refractivity contribution in [3.05, 3.63) is 78.1 Å². The lowest BCUT2D eigenvalue weighted by atomic mass is 9.82. The molecule has 0 saturated carbocycles. The van der Waals surface area contributed by atoms with Gasteiger partial charge in [0.15, 0.2) is 11.5 Å². The van der Waals surface area contributed by atoms with Crippen molar-refractivity contribution in [2.24, 2.45) is 10.7 Å². The topological polar surface area (TPSA) is 97.4 Å². The van der Waals surface area contributed by atoms with Crippen molar-refractivity contribution in [2.75, 3.05) is 7.05 Å². The Morgan fingerprint density at radius 2 is 1.73 bits per heavy atom. The minimum absolute atomic E-state index is 0.0478. The molecule has 2 aromatic heterocycles. The van der Waals surface area contributed by atoms with Crippen molar-refractivity contribution in [3.8, 4) is 11.1 Å². The minimum Gasteiger partial charge on any atom is -0.369 e. The van der Waals surface area contributed by atoms with Crippen LogP contribution in [0.1, 0.15) is 16.8 Å². The number of likely N-dealkylation sites (N-methyl/N-ethyl adjacent to an activating group) is 1. The largest absolute Gasteiger partial charge is 0.433 e. The van der Waals surface area contributed by atoms with E-state index in [1.165, 1.54) is 19.4 Å². The number of alkyl halides is 3. The van der Waals surface area contributed by atoms with E-state index in [0.717, 1.165) is 17.2 Å². The Bertz CT molecular complexity index is 1130. The van der Waals surface area contributed by atoms with Crippen molar-refractivity contribution in [2.45, 2.75) is 11.7 Å². The number of benzene rings is 1. The summed E-state index contributed by atoms with van der Waals surface area (Å²) in [6, 6.07) is 8.92. The molecule has 0 bridgehead atoms. The summed E-state index contributed by atoms with van der Waals surface area (Å²) in [5, 5.41) is 0. The summed E-state index contributed by atoms with van der Waals surface area (Å²) >= 11 is 0. The predicted octanol–water partition coefficient (Wildman–Crippen LogP) is 2.59. The lowest BCUT2D eigenvalue weighted by molar-refractivity contribution is -0.141. The molecule has 1 aliphatic heterocycles. The van der Waals surface area contributed by atoms with Crippen LogP contribution in [0.25, 0.3) is 11.1 Å². The van der Waals surface area contributed by atoms with Gasteiger partial charge in [0, 0.05) is 36.8 Å². The summed E-state index contributed by atoms with van der Waals surface area (Å²) in [6.45, 7) is 0. The van der Waals surface area contributed by atoms with E-state index in [-0.39, 0.29) is 11.5 Å².